The number of nitrogens with zero attached hydrogens (tertiary/aromatic N) is 4. The van der Waals surface area contributed by atoms with Crippen LogP contribution < -0.4 is 5.32 Å². The van der Waals surface area contributed by atoms with Crippen molar-refractivity contribution in [2.24, 2.45) is 7.05 Å². The number of aryl methyl sites for hydroxylation is 1. The van der Waals surface area contributed by atoms with Crippen LogP contribution in [-0.4, -0.2) is 38.7 Å². The average molecular weight is 293 g/mol. The van der Waals surface area contributed by atoms with Crippen molar-refractivity contribution in [2.45, 2.75) is 20.4 Å². The Balaban J connectivity index is 1.97. The van der Waals surface area contributed by atoms with Crippen LogP contribution in [0.4, 0.5) is 5.13 Å². The molecule has 0 radical (unpaired) electrons. The van der Waals surface area contributed by atoms with Crippen LogP contribution in [-0.2, 0) is 13.6 Å². The molecule has 2 aromatic rings. The lowest BCUT2D eigenvalue weighted by Crippen LogP contribution is -2.22. The van der Waals surface area contributed by atoms with Gasteiger partial charge in [-0.1, -0.05) is 13.8 Å². The van der Waals surface area contributed by atoms with Crippen LogP contribution in [0, 0.1) is 0 Å². The Hall–Kier alpha value is -1.73. The molecule has 0 atom stereocenters. The van der Waals surface area contributed by atoms with Crippen LogP contribution in [0.25, 0.3) is 0 Å². The number of nitrogens with one attached hydrogen (secondary N) is 1. The monoisotopic (exact) mass is 293 g/mol. The van der Waals surface area contributed by atoms with Crippen LogP contribution in [0.15, 0.2) is 17.6 Å². The number of carbonyl (C=O) groups is 1. The summed E-state index contributed by atoms with van der Waals surface area (Å²) in [7, 11) is 1.78. The van der Waals surface area contributed by atoms with Crippen LogP contribution in [0.5, 0.6) is 0 Å². The van der Waals surface area contributed by atoms with Crippen molar-refractivity contribution < 1.29 is 4.79 Å². The molecule has 0 aliphatic heterocycles. The predicted molar refractivity (Wildman–Crippen MR) is 79.9 cm³/mol. The second kappa shape index (κ2) is 6.62. The molecule has 0 aliphatic carbocycles. The summed E-state index contributed by atoms with van der Waals surface area (Å²) in [5.74, 6) is -0.227. The third-order valence-electron chi connectivity index (χ3n) is 3.00. The Morgan fingerprint density at radius 3 is 2.80 bits per heavy atom. The van der Waals surface area contributed by atoms with Gasteiger partial charge in [0.1, 0.15) is 0 Å². The first-order valence-electron chi connectivity index (χ1n) is 6.60. The van der Waals surface area contributed by atoms with Crippen molar-refractivity contribution in [1.82, 2.24) is 19.7 Å². The molecular weight excluding hydrogens is 274 g/mol. The maximum Gasteiger partial charge on any atom is 0.277 e. The number of anilines is 1. The average Bonchev–Trinajstić information content (AvgIpc) is 3.05. The standard InChI is InChI=1S/C13H19N5OS/c1-4-18(5-2)8-10-9-20-13(14-10)15-12(19)11-6-7-17(3)16-11/h6-7,9H,4-5,8H2,1-3H3,(H,14,15,19). The zero-order valence-corrected chi connectivity index (χ0v) is 12.8. The topological polar surface area (TPSA) is 63.1 Å². The van der Waals surface area contributed by atoms with E-state index in [9.17, 15) is 4.79 Å². The smallest absolute Gasteiger partial charge is 0.277 e. The fourth-order valence-corrected chi connectivity index (χ4v) is 2.51. The first-order valence-corrected chi connectivity index (χ1v) is 7.48. The van der Waals surface area contributed by atoms with Crippen molar-refractivity contribution in [1.29, 1.82) is 0 Å². The SMILES string of the molecule is CCN(CC)Cc1csc(NC(=O)c2ccn(C)n2)n1. The van der Waals surface area contributed by atoms with Gasteiger partial charge in [-0.3, -0.25) is 19.7 Å². The molecule has 0 bridgehead atoms. The number of thiazole rings is 1. The van der Waals surface area contributed by atoms with Crippen LogP contribution in [0.1, 0.15) is 30.0 Å². The van der Waals surface area contributed by atoms with Crippen molar-refractivity contribution in [3.8, 4) is 0 Å². The van der Waals surface area contributed by atoms with E-state index in [0.717, 1.165) is 25.3 Å². The summed E-state index contributed by atoms with van der Waals surface area (Å²) >= 11 is 1.44. The highest BCUT2D eigenvalue weighted by Gasteiger charge is 2.12. The summed E-state index contributed by atoms with van der Waals surface area (Å²) < 4.78 is 1.60. The normalized spacial score (nSPS) is 11.0. The van der Waals surface area contributed by atoms with Crippen molar-refractivity contribution in [2.75, 3.05) is 18.4 Å². The maximum absolute atomic E-state index is 11.9. The van der Waals surface area contributed by atoms with Gasteiger partial charge in [-0.25, -0.2) is 4.98 Å². The first-order chi connectivity index (χ1) is 9.62. The Morgan fingerprint density at radius 1 is 1.45 bits per heavy atom. The molecule has 2 heterocycles. The van der Waals surface area contributed by atoms with Crippen LogP contribution in [0.3, 0.4) is 0 Å². The van der Waals surface area contributed by atoms with E-state index < -0.39 is 0 Å². The number of rotatable bonds is 6. The van der Waals surface area contributed by atoms with Gasteiger partial charge < -0.3 is 0 Å². The van der Waals surface area contributed by atoms with Crippen molar-refractivity contribution in [3.63, 3.8) is 0 Å². The minimum atomic E-state index is -0.227. The fourth-order valence-electron chi connectivity index (χ4n) is 1.81. The van der Waals surface area contributed by atoms with E-state index in [1.165, 1.54) is 11.3 Å². The molecule has 0 saturated carbocycles. The first kappa shape index (κ1) is 14.7. The Bertz CT molecular complexity index is 573. The molecule has 0 spiro atoms. The van der Waals surface area contributed by atoms with E-state index in [1.807, 2.05) is 5.38 Å². The molecule has 20 heavy (non-hydrogen) atoms. The quantitative estimate of drug-likeness (QED) is 0.884. The Morgan fingerprint density at radius 2 is 2.20 bits per heavy atom. The van der Waals surface area contributed by atoms with Gasteiger partial charge in [0.25, 0.3) is 5.91 Å². The number of aromatic nitrogens is 3. The van der Waals surface area contributed by atoms with E-state index >= 15 is 0 Å². The number of carbonyl (C=O) groups excluding carboxylic acids is 1. The largest absolute Gasteiger partial charge is 0.298 e. The molecule has 1 N–H and O–H groups in total. The van der Waals surface area contributed by atoms with Crippen LogP contribution >= 0.6 is 11.3 Å². The highest BCUT2D eigenvalue weighted by atomic mass is 32.1. The van der Waals surface area contributed by atoms with Gasteiger partial charge in [-0.15, -0.1) is 11.3 Å². The summed E-state index contributed by atoms with van der Waals surface area (Å²) in [5, 5.41) is 9.43. The molecule has 7 heteroatoms. The molecule has 2 rings (SSSR count). The van der Waals surface area contributed by atoms with Crippen molar-refractivity contribution >= 4 is 22.4 Å². The van der Waals surface area contributed by atoms with Gasteiger partial charge in [-0.05, 0) is 19.2 Å². The number of hydrogen-bond donors (Lipinski definition) is 1. The third-order valence-corrected chi connectivity index (χ3v) is 3.81. The molecule has 1 amide bonds. The van der Waals surface area contributed by atoms with E-state index in [0.29, 0.717) is 10.8 Å². The van der Waals surface area contributed by atoms with E-state index in [4.69, 9.17) is 0 Å². The Kier molecular flexibility index (Phi) is 4.86. The summed E-state index contributed by atoms with van der Waals surface area (Å²) in [6.07, 6.45) is 1.74. The summed E-state index contributed by atoms with van der Waals surface area (Å²) in [5.41, 5.74) is 1.38. The highest BCUT2D eigenvalue weighted by Crippen LogP contribution is 2.17. The predicted octanol–water partition coefficient (Wildman–Crippen LogP) is 1.97. The van der Waals surface area contributed by atoms with Gasteiger partial charge in [0.15, 0.2) is 10.8 Å². The lowest BCUT2D eigenvalue weighted by Gasteiger charge is -2.15. The summed E-state index contributed by atoms with van der Waals surface area (Å²) in [6.45, 7) is 7.04. The molecule has 0 aliphatic rings. The van der Waals surface area contributed by atoms with E-state index in [2.05, 4.69) is 34.1 Å². The second-order valence-corrected chi connectivity index (χ2v) is 5.29. The molecule has 2 aromatic heterocycles. The van der Waals surface area contributed by atoms with E-state index in [-0.39, 0.29) is 5.91 Å². The fraction of sp³-hybridized carbons (Fsp3) is 0.462. The zero-order chi connectivity index (χ0) is 14.5. The molecule has 6 nitrogen and oxygen atoms in total. The van der Waals surface area contributed by atoms with Gasteiger partial charge in [0, 0.05) is 25.2 Å². The van der Waals surface area contributed by atoms with Gasteiger partial charge in [0.05, 0.1) is 5.69 Å². The molecule has 108 valence electrons. The third kappa shape index (κ3) is 3.64. The molecule has 0 unspecified atom stereocenters. The lowest BCUT2D eigenvalue weighted by molar-refractivity contribution is 0.102. The summed E-state index contributed by atoms with van der Waals surface area (Å²) in [4.78, 5) is 18.6. The van der Waals surface area contributed by atoms with E-state index in [1.54, 1.807) is 24.0 Å². The molecule has 0 saturated heterocycles. The van der Waals surface area contributed by atoms with Gasteiger partial charge in [0.2, 0.25) is 0 Å². The second-order valence-electron chi connectivity index (χ2n) is 4.43. The lowest BCUT2D eigenvalue weighted by atomic mass is 10.4. The zero-order valence-electron chi connectivity index (χ0n) is 12.0. The van der Waals surface area contributed by atoms with Gasteiger partial charge in [-0.2, -0.15) is 5.10 Å². The number of amides is 1. The van der Waals surface area contributed by atoms with Gasteiger partial charge >= 0.3 is 0 Å². The van der Waals surface area contributed by atoms with Crippen LogP contribution in [0.2, 0.25) is 0 Å². The maximum atomic E-state index is 11.9. The highest BCUT2D eigenvalue weighted by molar-refractivity contribution is 7.13. The minimum Gasteiger partial charge on any atom is -0.298 e. The number of hydrogen-bond acceptors (Lipinski definition) is 5. The van der Waals surface area contributed by atoms with Crippen molar-refractivity contribution in [3.05, 3.63) is 29.0 Å². The minimum absolute atomic E-state index is 0.227. The molecular formula is C13H19N5OS. The molecule has 0 aromatic carbocycles. The summed E-state index contributed by atoms with van der Waals surface area (Å²) in [6, 6.07) is 1.68. The Labute approximate surface area is 122 Å². The molecule has 0 fully saturated rings.